The van der Waals surface area contributed by atoms with Gasteiger partial charge in [-0.15, -0.1) is 0 Å². The molecule has 0 aliphatic rings. The summed E-state index contributed by atoms with van der Waals surface area (Å²) in [5, 5.41) is 9.00. The van der Waals surface area contributed by atoms with Crippen molar-refractivity contribution in [1.29, 1.82) is 0 Å². The molecule has 0 bridgehead atoms. The maximum absolute atomic E-state index is 11.7. The van der Waals surface area contributed by atoms with E-state index < -0.39 is 10.0 Å². The number of imidazole rings is 1. The number of aromatic nitrogens is 3. The van der Waals surface area contributed by atoms with E-state index in [-0.39, 0.29) is 4.90 Å². The van der Waals surface area contributed by atoms with Crippen LogP contribution < -0.4 is 15.2 Å². The number of nitrogens with two attached hydrogens (primary N) is 1. The van der Waals surface area contributed by atoms with Crippen molar-refractivity contribution in [3.05, 3.63) is 36.2 Å². The Labute approximate surface area is 159 Å². The lowest BCUT2D eigenvalue weighted by molar-refractivity contribution is 0.416. The van der Waals surface area contributed by atoms with E-state index in [0.29, 0.717) is 16.6 Å². The zero-order chi connectivity index (χ0) is 19.3. The Morgan fingerprint density at radius 2 is 2.00 bits per heavy atom. The number of benzene rings is 2. The summed E-state index contributed by atoms with van der Waals surface area (Å²) in [6, 6.07) is 8.33. The maximum Gasteiger partial charge on any atom is 0.238 e. The first-order valence-electron chi connectivity index (χ1n) is 7.98. The Hall–Kier alpha value is -2.69. The maximum atomic E-state index is 11.7. The third-order valence-corrected chi connectivity index (χ3v) is 6.20. The number of anilines is 2. The fourth-order valence-electron chi connectivity index (χ4n) is 2.93. The molecule has 2 aromatic heterocycles. The Morgan fingerprint density at radius 1 is 1.22 bits per heavy atom. The van der Waals surface area contributed by atoms with Crippen LogP contribution in [0.5, 0.6) is 5.75 Å². The summed E-state index contributed by atoms with van der Waals surface area (Å²) >= 11 is 1.46. The van der Waals surface area contributed by atoms with Crippen molar-refractivity contribution in [3.8, 4) is 5.75 Å². The lowest BCUT2D eigenvalue weighted by Crippen LogP contribution is -2.12. The molecule has 3 N–H and O–H groups in total. The third kappa shape index (κ3) is 3.01. The SMILES string of the molecule is COc1ccc(S(N)(=O)=O)cc1Nc1nc2c(ccc3nc(C)n(C)c32)s1. The number of hydrogen-bond acceptors (Lipinski definition) is 7. The number of thiazole rings is 1. The molecule has 10 heteroatoms. The first-order valence-corrected chi connectivity index (χ1v) is 10.3. The van der Waals surface area contributed by atoms with Gasteiger partial charge in [-0.2, -0.15) is 0 Å². The fourth-order valence-corrected chi connectivity index (χ4v) is 4.35. The highest BCUT2D eigenvalue weighted by Gasteiger charge is 2.16. The molecule has 0 atom stereocenters. The standard InChI is InChI=1S/C17H17N5O3S2/c1-9-19-11-5-7-14-15(16(11)22(9)2)21-17(26-14)20-12-8-10(27(18,23)24)4-6-13(12)25-3/h4-8H,1-3H3,(H,20,21)(H2,18,23,24). The van der Waals surface area contributed by atoms with Crippen molar-refractivity contribution in [2.45, 2.75) is 11.8 Å². The van der Waals surface area contributed by atoms with Crippen LogP contribution in [0.25, 0.3) is 21.3 Å². The van der Waals surface area contributed by atoms with Crippen molar-refractivity contribution >= 4 is 53.4 Å². The molecule has 0 saturated carbocycles. The second-order valence-electron chi connectivity index (χ2n) is 6.05. The molecule has 0 aliphatic carbocycles. The number of ether oxygens (including phenoxy) is 1. The molecule has 0 aliphatic heterocycles. The number of methoxy groups -OCH3 is 1. The molecule has 0 amide bonds. The average Bonchev–Trinajstić information content (AvgIpc) is 3.14. The molecule has 8 nitrogen and oxygen atoms in total. The Balaban J connectivity index is 1.83. The van der Waals surface area contributed by atoms with Gasteiger partial charge in [0.15, 0.2) is 5.13 Å². The first kappa shape index (κ1) is 17.7. The lowest BCUT2D eigenvalue weighted by Gasteiger charge is -2.10. The summed E-state index contributed by atoms with van der Waals surface area (Å²) in [5.41, 5.74) is 3.15. The average molecular weight is 403 g/mol. The van der Waals surface area contributed by atoms with Gasteiger partial charge < -0.3 is 14.6 Å². The van der Waals surface area contributed by atoms with E-state index >= 15 is 0 Å². The van der Waals surface area contributed by atoms with Gasteiger partial charge in [0.1, 0.15) is 17.1 Å². The van der Waals surface area contributed by atoms with E-state index in [1.165, 1.54) is 30.6 Å². The van der Waals surface area contributed by atoms with E-state index in [2.05, 4.69) is 15.3 Å². The van der Waals surface area contributed by atoms with E-state index in [1.54, 1.807) is 6.07 Å². The van der Waals surface area contributed by atoms with Gasteiger partial charge >= 0.3 is 0 Å². The van der Waals surface area contributed by atoms with Gasteiger partial charge in [0.05, 0.1) is 33.4 Å². The van der Waals surface area contributed by atoms with Crippen LogP contribution in [-0.2, 0) is 17.1 Å². The van der Waals surface area contributed by atoms with Crippen LogP contribution >= 0.6 is 11.3 Å². The Bertz CT molecular complexity index is 1290. The van der Waals surface area contributed by atoms with E-state index in [9.17, 15) is 8.42 Å². The quantitative estimate of drug-likeness (QED) is 0.542. The zero-order valence-corrected chi connectivity index (χ0v) is 16.5. The van der Waals surface area contributed by atoms with Crippen molar-refractivity contribution < 1.29 is 13.2 Å². The number of nitrogens with one attached hydrogen (secondary N) is 1. The zero-order valence-electron chi connectivity index (χ0n) is 14.8. The second kappa shape index (κ2) is 6.19. The van der Waals surface area contributed by atoms with Crippen molar-refractivity contribution in [3.63, 3.8) is 0 Å². The van der Waals surface area contributed by atoms with Gasteiger partial charge in [0, 0.05) is 7.05 Å². The molecule has 4 rings (SSSR count). The molecule has 0 unspecified atom stereocenters. The van der Waals surface area contributed by atoms with Gasteiger partial charge in [0.25, 0.3) is 0 Å². The molecular weight excluding hydrogens is 386 g/mol. The molecule has 0 spiro atoms. The summed E-state index contributed by atoms with van der Waals surface area (Å²) in [4.78, 5) is 9.21. The van der Waals surface area contributed by atoms with Crippen molar-refractivity contribution in [2.75, 3.05) is 12.4 Å². The minimum atomic E-state index is -3.82. The highest BCUT2D eigenvalue weighted by atomic mass is 32.2. The molecule has 27 heavy (non-hydrogen) atoms. The van der Waals surface area contributed by atoms with Crippen LogP contribution in [0.15, 0.2) is 35.2 Å². The van der Waals surface area contributed by atoms with Crippen LogP contribution in [0.3, 0.4) is 0 Å². The molecule has 4 aromatic rings. The molecule has 140 valence electrons. The summed E-state index contributed by atoms with van der Waals surface area (Å²) in [6.07, 6.45) is 0. The summed E-state index contributed by atoms with van der Waals surface area (Å²) in [7, 11) is -0.358. The van der Waals surface area contributed by atoms with Gasteiger partial charge in [-0.05, 0) is 37.3 Å². The van der Waals surface area contributed by atoms with Crippen molar-refractivity contribution in [1.82, 2.24) is 14.5 Å². The van der Waals surface area contributed by atoms with E-state index in [4.69, 9.17) is 9.88 Å². The smallest absolute Gasteiger partial charge is 0.238 e. The van der Waals surface area contributed by atoms with Gasteiger partial charge in [-0.25, -0.2) is 23.5 Å². The third-order valence-electron chi connectivity index (χ3n) is 4.36. The molecule has 0 fully saturated rings. The minimum absolute atomic E-state index is 0.00318. The molecular formula is C17H17N5O3S2. The van der Waals surface area contributed by atoms with Crippen LogP contribution in [0.1, 0.15) is 5.82 Å². The highest BCUT2D eigenvalue weighted by molar-refractivity contribution is 7.89. The molecule has 0 radical (unpaired) electrons. The first-order chi connectivity index (χ1) is 12.8. The van der Waals surface area contributed by atoms with Gasteiger partial charge in [0.2, 0.25) is 10.0 Å². The van der Waals surface area contributed by atoms with Crippen LogP contribution in [0.2, 0.25) is 0 Å². The predicted molar refractivity (Wildman–Crippen MR) is 106 cm³/mol. The number of hydrogen-bond donors (Lipinski definition) is 2. The summed E-state index contributed by atoms with van der Waals surface area (Å²) in [6.45, 7) is 1.95. The lowest BCUT2D eigenvalue weighted by atomic mass is 10.3. The highest BCUT2D eigenvalue weighted by Crippen LogP contribution is 2.36. The van der Waals surface area contributed by atoms with Crippen LogP contribution in [0, 0.1) is 6.92 Å². The number of nitrogens with zero attached hydrogens (tertiary/aromatic N) is 3. The molecule has 2 heterocycles. The molecule has 0 saturated heterocycles. The monoisotopic (exact) mass is 403 g/mol. The summed E-state index contributed by atoms with van der Waals surface area (Å²) in [5.74, 6) is 1.39. The largest absolute Gasteiger partial charge is 0.495 e. The number of aryl methyl sites for hydroxylation is 2. The number of primary sulfonamides is 1. The second-order valence-corrected chi connectivity index (χ2v) is 8.64. The fraction of sp³-hybridized carbons (Fsp3) is 0.176. The Morgan fingerprint density at radius 3 is 2.70 bits per heavy atom. The van der Waals surface area contributed by atoms with Crippen LogP contribution in [-0.4, -0.2) is 30.1 Å². The summed E-state index contributed by atoms with van der Waals surface area (Å²) < 4.78 is 31.6. The van der Waals surface area contributed by atoms with Gasteiger partial charge in [-0.3, -0.25) is 0 Å². The molecule has 2 aromatic carbocycles. The number of sulfonamides is 1. The normalized spacial score (nSPS) is 12.0. The number of fused-ring (bicyclic) bond motifs is 3. The van der Waals surface area contributed by atoms with Gasteiger partial charge in [-0.1, -0.05) is 11.3 Å². The van der Waals surface area contributed by atoms with E-state index in [1.807, 2.05) is 30.7 Å². The Kier molecular flexibility index (Phi) is 4.06. The predicted octanol–water partition coefficient (Wildman–Crippen LogP) is 2.89. The van der Waals surface area contributed by atoms with Crippen molar-refractivity contribution in [2.24, 2.45) is 12.2 Å². The number of rotatable bonds is 4. The van der Waals surface area contributed by atoms with Crippen LogP contribution in [0.4, 0.5) is 10.8 Å². The minimum Gasteiger partial charge on any atom is -0.495 e. The van der Waals surface area contributed by atoms with E-state index in [0.717, 1.165) is 27.1 Å². The topological polar surface area (TPSA) is 112 Å².